The normalized spacial score (nSPS) is 25.4. The highest BCUT2D eigenvalue weighted by Gasteiger charge is 2.40. The van der Waals surface area contributed by atoms with Gasteiger partial charge in [0.25, 0.3) is 0 Å². The van der Waals surface area contributed by atoms with E-state index in [1.165, 1.54) is 0 Å². The maximum Gasteiger partial charge on any atom is 0.410 e. The number of likely N-dealkylation sites (tertiary alicyclic amines) is 1. The molecule has 1 atom stereocenters. The van der Waals surface area contributed by atoms with Crippen LogP contribution in [0.4, 0.5) is 4.79 Å². The second-order valence-electron chi connectivity index (χ2n) is 6.03. The van der Waals surface area contributed by atoms with E-state index >= 15 is 0 Å². The van der Waals surface area contributed by atoms with Crippen LogP contribution in [0.3, 0.4) is 0 Å². The first-order chi connectivity index (χ1) is 7.14. The van der Waals surface area contributed by atoms with Crippen LogP contribution in [0.15, 0.2) is 0 Å². The van der Waals surface area contributed by atoms with Crippen molar-refractivity contribution in [2.45, 2.75) is 64.6 Å². The van der Waals surface area contributed by atoms with Gasteiger partial charge < -0.3 is 15.4 Å². The third-order valence-corrected chi connectivity index (χ3v) is 3.11. The Hall–Kier alpha value is -0.770. The fourth-order valence-corrected chi connectivity index (χ4v) is 1.95. The molecule has 1 amide bonds. The molecular weight excluding hydrogens is 204 g/mol. The van der Waals surface area contributed by atoms with Crippen molar-refractivity contribution in [3.63, 3.8) is 0 Å². The van der Waals surface area contributed by atoms with Crippen molar-refractivity contribution in [2.75, 3.05) is 6.54 Å². The average Bonchev–Trinajstić information content (AvgIpc) is 2.06. The first-order valence-corrected chi connectivity index (χ1v) is 5.91. The van der Waals surface area contributed by atoms with Crippen molar-refractivity contribution in [3.8, 4) is 0 Å². The first kappa shape index (κ1) is 13.3. The van der Waals surface area contributed by atoms with Gasteiger partial charge in [0.15, 0.2) is 0 Å². The van der Waals surface area contributed by atoms with Crippen LogP contribution in [-0.2, 0) is 4.74 Å². The Labute approximate surface area is 98.1 Å². The molecule has 4 heteroatoms. The number of carbonyl (C=O) groups excluding carboxylic acids is 1. The highest BCUT2D eigenvalue weighted by molar-refractivity contribution is 5.69. The number of amides is 1. The SMILES string of the molecule is CC(C)(C)OC(=O)N1CCCC(N)C1(C)C. The number of ether oxygens (including phenoxy) is 1. The van der Waals surface area contributed by atoms with E-state index in [-0.39, 0.29) is 17.7 Å². The zero-order valence-electron chi connectivity index (χ0n) is 11.0. The van der Waals surface area contributed by atoms with Gasteiger partial charge >= 0.3 is 6.09 Å². The predicted molar refractivity (Wildman–Crippen MR) is 64.2 cm³/mol. The lowest BCUT2D eigenvalue weighted by molar-refractivity contribution is -0.0117. The van der Waals surface area contributed by atoms with Crippen LogP contribution in [0.5, 0.6) is 0 Å². The molecule has 1 fully saturated rings. The molecule has 1 aliphatic rings. The van der Waals surface area contributed by atoms with Crippen LogP contribution in [0.2, 0.25) is 0 Å². The first-order valence-electron chi connectivity index (χ1n) is 5.91. The largest absolute Gasteiger partial charge is 0.444 e. The molecule has 1 heterocycles. The molecule has 0 spiro atoms. The molecule has 0 bridgehead atoms. The Morgan fingerprint density at radius 1 is 1.44 bits per heavy atom. The minimum Gasteiger partial charge on any atom is -0.444 e. The predicted octanol–water partition coefficient (Wildman–Crippen LogP) is 2.12. The van der Waals surface area contributed by atoms with Gasteiger partial charge in [0.05, 0.1) is 5.54 Å². The lowest BCUT2D eigenvalue weighted by Gasteiger charge is -2.46. The molecule has 1 rings (SSSR count). The number of nitrogens with zero attached hydrogens (tertiary/aromatic N) is 1. The standard InChI is InChI=1S/C12H24N2O2/c1-11(2,3)16-10(15)14-8-6-7-9(13)12(14,4)5/h9H,6-8,13H2,1-5H3. The summed E-state index contributed by atoms with van der Waals surface area (Å²) < 4.78 is 5.39. The molecule has 1 saturated heterocycles. The fourth-order valence-electron chi connectivity index (χ4n) is 1.95. The summed E-state index contributed by atoms with van der Waals surface area (Å²) in [5.41, 5.74) is 5.29. The quantitative estimate of drug-likeness (QED) is 0.691. The van der Waals surface area contributed by atoms with Gasteiger partial charge in [-0.05, 0) is 47.5 Å². The van der Waals surface area contributed by atoms with Gasteiger partial charge in [-0.2, -0.15) is 0 Å². The Balaban J connectivity index is 2.75. The zero-order chi connectivity index (χ0) is 12.6. The van der Waals surface area contributed by atoms with Crippen LogP contribution < -0.4 is 5.73 Å². The Kier molecular flexibility index (Phi) is 3.53. The number of nitrogens with two attached hydrogens (primary N) is 1. The molecule has 16 heavy (non-hydrogen) atoms. The molecule has 0 radical (unpaired) electrons. The summed E-state index contributed by atoms with van der Waals surface area (Å²) >= 11 is 0. The van der Waals surface area contributed by atoms with E-state index in [2.05, 4.69) is 0 Å². The van der Waals surface area contributed by atoms with Crippen LogP contribution in [-0.4, -0.2) is 34.7 Å². The summed E-state index contributed by atoms with van der Waals surface area (Å²) in [6.07, 6.45) is 1.66. The minimum absolute atomic E-state index is 0.0220. The van der Waals surface area contributed by atoms with Gasteiger partial charge in [-0.3, -0.25) is 0 Å². The van der Waals surface area contributed by atoms with Crippen LogP contribution in [0, 0.1) is 0 Å². The van der Waals surface area contributed by atoms with Crippen molar-refractivity contribution in [1.29, 1.82) is 0 Å². The fraction of sp³-hybridized carbons (Fsp3) is 0.917. The maximum absolute atomic E-state index is 12.0. The molecule has 0 aromatic rings. The highest BCUT2D eigenvalue weighted by atomic mass is 16.6. The third-order valence-electron chi connectivity index (χ3n) is 3.11. The monoisotopic (exact) mass is 228 g/mol. The molecule has 94 valence electrons. The number of hydrogen-bond acceptors (Lipinski definition) is 3. The smallest absolute Gasteiger partial charge is 0.410 e. The van der Waals surface area contributed by atoms with Gasteiger partial charge in [-0.25, -0.2) is 4.79 Å². The van der Waals surface area contributed by atoms with Crippen molar-refractivity contribution < 1.29 is 9.53 Å². The summed E-state index contributed by atoms with van der Waals surface area (Å²) in [6.45, 7) is 10.4. The maximum atomic E-state index is 12.0. The molecule has 1 unspecified atom stereocenters. The highest BCUT2D eigenvalue weighted by Crippen LogP contribution is 2.28. The van der Waals surface area contributed by atoms with E-state index < -0.39 is 5.60 Å². The van der Waals surface area contributed by atoms with Crippen molar-refractivity contribution >= 4 is 6.09 Å². The molecule has 2 N–H and O–H groups in total. The van der Waals surface area contributed by atoms with Crippen molar-refractivity contribution in [1.82, 2.24) is 4.90 Å². The average molecular weight is 228 g/mol. The summed E-state index contributed by atoms with van der Waals surface area (Å²) in [5.74, 6) is 0. The zero-order valence-corrected chi connectivity index (χ0v) is 11.0. The van der Waals surface area contributed by atoms with Gasteiger partial charge in [0, 0.05) is 12.6 Å². The summed E-state index contributed by atoms with van der Waals surface area (Å²) in [4.78, 5) is 13.8. The van der Waals surface area contributed by atoms with Crippen molar-refractivity contribution in [3.05, 3.63) is 0 Å². The molecular formula is C12H24N2O2. The van der Waals surface area contributed by atoms with E-state index in [0.29, 0.717) is 0 Å². The number of rotatable bonds is 0. The van der Waals surface area contributed by atoms with Gasteiger partial charge in [-0.1, -0.05) is 0 Å². The summed E-state index contributed by atoms with van der Waals surface area (Å²) in [5, 5.41) is 0. The molecule has 0 aromatic heterocycles. The summed E-state index contributed by atoms with van der Waals surface area (Å²) in [6, 6.07) is 0.0220. The lowest BCUT2D eigenvalue weighted by atomic mass is 9.86. The van der Waals surface area contributed by atoms with Crippen LogP contribution in [0.1, 0.15) is 47.5 Å². The van der Waals surface area contributed by atoms with E-state index in [9.17, 15) is 4.79 Å². The van der Waals surface area contributed by atoms with Gasteiger partial charge in [0.2, 0.25) is 0 Å². The Bertz CT molecular complexity index is 269. The lowest BCUT2D eigenvalue weighted by Crippen LogP contribution is -2.61. The number of carbonyl (C=O) groups is 1. The number of hydrogen-bond donors (Lipinski definition) is 1. The molecule has 0 aromatic carbocycles. The second kappa shape index (κ2) is 4.24. The molecule has 0 aliphatic carbocycles. The molecule has 4 nitrogen and oxygen atoms in total. The van der Waals surface area contributed by atoms with Gasteiger partial charge in [-0.15, -0.1) is 0 Å². The van der Waals surface area contributed by atoms with E-state index in [4.69, 9.17) is 10.5 Å². The van der Waals surface area contributed by atoms with E-state index in [1.807, 2.05) is 34.6 Å². The minimum atomic E-state index is -0.450. The Morgan fingerprint density at radius 3 is 2.50 bits per heavy atom. The van der Waals surface area contributed by atoms with Crippen molar-refractivity contribution in [2.24, 2.45) is 5.73 Å². The number of piperidine rings is 1. The molecule has 1 aliphatic heterocycles. The van der Waals surface area contributed by atoms with Gasteiger partial charge in [0.1, 0.15) is 5.60 Å². The topological polar surface area (TPSA) is 55.6 Å². The molecule has 0 saturated carbocycles. The Morgan fingerprint density at radius 2 is 2.00 bits per heavy atom. The van der Waals surface area contributed by atoms with E-state index in [0.717, 1.165) is 19.4 Å². The van der Waals surface area contributed by atoms with Crippen LogP contribution >= 0.6 is 0 Å². The third kappa shape index (κ3) is 2.88. The summed E-state index contributed by atoms with van der Waals surface area (Å²) in [7, 11) is 0. The van der Waals surface area contributed by atoms with E-state index in [1.54, 1.807) is 4.90 Å². The second-order valence-corrected chi connectivity index (χ2v) is 6.03. The van der Waals surface area contributed by atoms with Crippen LogP contribution in [0.25, 0.3) is 0 Å².